The number of benzene rings is 3. The van der Waals surface area contributed by atoms with Gasteiger partial charge >= 0.3 is 11.9 Å². The summed E-state index contributed by atoms with van der Waals surface area (Å²) in [6.07, 6.45) is 5.27. The standard InChI is InChI=1S/C39H32ClFN4O5/c1-21-35-34(30-10-8-25(41)18-32(30)40)33(22(2)43-39(21,35)24-11-13-42-14-12-24)38(48)49-16-15-45-19-26(44-45)20-50-37(47)23-7-9-28-27-5-3-4-6-29(27)36(46)31(28)17-23/h3-14,17-19,21,34-35,43-44H,15-16,20H2,1-2H3. The highest BCUT2D eigenvalue weighted by Gasteiger charge is 2.69. The fourth-order valence-corrected chi connectivity index (χ4v) is 8.21. The van der Waals surface area contributed by atoms with Gasteiger partial charge in [0.25, 0.3) is 0 Å². The number of nitrogens with one attached hydrogen (secondary N) is 2. The molecule has 4 unspecified atom stereocenters. The highest BCUT2D eigenvalue weighted by atomic mass is 35.5. The topological polar surface area (TPSA) is 115 Å². The highest BCUT2D eigenvalue weighted by Crippen LogP contribution is 2.68. The van der Waals surface area contributed by atoms with E-state index in [1.807, 2.05) is 37.3 Å². The minimum Gasteiger partial charge on any atom is -0.460 e. The van der Waals surface area contributed by atoms with Crippen LogP contribution in [0.1, 0.15) is 62.9 Å². The number of nitrogens with zero attached hydrogens (tertiary/aromatic N) is 2. The second-order valence-corrected chi connectivity index (χ2v) is 13.4. The number of carbonyl (C=O) groups is 3. The number of ketones is 1. The third-order valence-electron chi connectivity index (χ3n) is 10.3. The summed E-state index contributed by atoms with van der Waals surface area (Å²) in [5.74, 6) is -1.87. The maximum Gasteiger partial charge on any atom is 0.338 e. The van der Waals surface area contributed by atoms with Crippen LogP contribution in [0.25, 0.3) is 11.1 Å². The number of ether oxygens (including phenoxy) is 2. The molecule has 8 rings (SSSR count). The van der Waals surface area contributed by atoms with Crippen molar-refractivity contribution in [3.8, 4) is 11.1 Å². The van der Waals surface area contributed by atoms with Crippen LogP contribution >= 0.6 is 11.6 Å². The van der Waals surface area contributed by atoms with Crippen molar-refractivity contribution in [3.63, 3.8) is 0 Å². The molecular formula is C39H32ClFN4O5. The minimum absolute atomic E-state index is 0.0109. The average molecular weight is 691 g/mol. The van der Waals surface area contributed by atoms with Gasteiger partial charge in [-0.15, -0.1) is 0 Å². The molecule has 2 aliphatic carbocycles. The van der Waals surface area contributed by atoms with Crippen LogP contribution < -0.4 is 5.32 Å². The number of carbonyl (C=O) groups excluding carboxylic acids is 3. The Labute approximate surface area is 292 Å². The molecule has 3 aromatic carbocycles. The number of hydrogen-bond acceptors (Lipinski definition) is 7. The van der Waals surface area contributed by atoms with Gasteiger partial charge in [0.2, 0.25) is 0 Å². The van der Waals surface area contributed by atoms with E-state index in [1.165, 1.54) is 12.1 Å². The first-order valence-electron chi connectivity index (χ1n) is 16.4. The number of halogens is 2. The smallest absolute Gasteiger partial charge is 0.338 e. The van der Waals surface area contributed by atoms with E-state index < -0.39 is 29.2 Å². The van der Waals surface area contributed by atoms with Crippen LogP contribution in [-0.4, -0.2) is 39.1 Å². The monoisotopic (exact) mass is 690 g/mol. The number of H-pyrrole nitrogens is 1. The fourth-order valence-electron chi connectivity index (χ4n) is 7.92. The molecule has 1 saturated carbocycles. The lowest BCUT2D eigenvalue weighted by molar-refractivity contribution is -0.140. The van der Waals surface area contributed by atoms with Crippen LogP contribution in [0, 0.1) is 17.7 Å². The van der Waals surface area contributed by atoms with Crippen molar-refractivity contribution in [1.29, 1.82) is 0 Å². The number of rotatable bonds is 9. The van der Waals surface area contributed by atoms with Gasteiger partial charge in [-0.2, -0.15) is 0 Å². The van der Waals surface area contributed by atoms with E-state index in [4.69, 9.17) is 21.1 Å². The van der Waals surface area contributed by atoms with Gasteiger partial charge in [0.15, 0.2) is 5.78 Å². The van der Waals surface area contributed by atoms with Crippen molar-refractivity contribution in [1.82, 2.24) is 20.1 Å². The van der Waals surface area contributed by atoms with E-state index in [1.54, 1.807) is 53.6 Å². The lowest BCUT2D eigenvalue weighted by Crippen LogP contribution is -2.39. The minimum atomic E-state index is -0.537. The molecule has 50 heavy (non-hydrogen) atoms. The summed E-state index contributed by atoms with van der Waals surface area (Å²) < 4.78 is 27.1. The van der Waals surface area contributed by atoms with Gasteiger partial charge in [-0.05, 0) is 71.5 Å². The van der Waals surface area contributed by atoms with Gasteiger partial charge in [-0.25, -0.2) is 14.0 Å². The number of hydrogen-bond donors (Lipinski definition) is 2. The van der Waals surface area contributed by atoms with Gasteiger partial charge in [0.05, 0.1) is 28.9 Å². The van der Waals surface area contributed by atoms with Crippen LogP contribution in [0.4, 0.5) is 4.39 Å². The van der Waals surface area contributed by atoms with E-state index in [2.05, 4.69) is 22.3 Å². The Balaban J connectivity index is 0.905. The van der Waals surface area contributed by atoms with Gasteiger partial charge in [-0.3, -0.25) is 19.6 Å². The van der Waals surface area contributed by atoms with E-state index in [9.17, 15) is 18.8 Å². The first-order chi connectivity index (χ1) is 24.2. The van der Waals surface area contributed by atoms with Crippen molar-refractivity contribution in [3.05, 3.63) is 147 Å². The molecule has 3 aliphatic rings. The third kappa shape index (κ3) is 5.13. The molecule has 4 atom stereocenters. The number of allylic oxidation sites excluding steroid dienone is 1. The molecule has 2 aromatic heterocycles. The van der Waals surface area contributed by atoms with Crippen LogP contribution in [0.5, 0.6) is 0 Å². The molecule has 0 saturated heterocycles. The van der Waals surface area contributed by atoms with Gasteiger partial charge < -0.3 is 14.8 Å². The van der Waals surface area contributed by atoms with Gasteiger partial charge in [0.1, 0.15) is 19.0 Å². The average Bonchev–Trinajstić information content (AvgIpc) is 3.60. The molecule has 3 heterocycles. The zero-order chi connectivity index (χ0) is 34.7. The van der Waals surface area contributed by atoms with E-state index >= 15 is 0 Å². The van der Waals surface area contributed by atoms with Crippen molar-refractivity contribution in [2.24, 2.45) is 11.8 Å². The first-order valence-corrected chi connectivity index (χ1v) is 16.8. The summed E-state index contributed by atoms with van der Waals surface area (Å²) in [6, 6.07) is 20.6. The molecule has 5 aromatic rings. The number of pyridine rings is 1. The first kappa shape index (κ1) is 31.8. The van der Waals surface area contributed by atoms with Crippen molar-refractivity contribution >= 4 is 29.3 Å². The Morgan fingerprint density at radius 1 is 0.960 bits per heavy atom. The Hall–Kier alpha value is -5.48. The van der Waals surface area contributed by atoms with E-state index in [0.717, 1.165) is 16.7 Å². The second-order valence-electron chi connectivity index (χ2n) is 13.0. The molecular weight excluding hydrogens is 659 g/mol. The summed E-state index contributed by atoms with van der Waals surface area (Å²) in [5, 5.41) is 6.97. The molecule has 0 radical (unpaired) electrons. The Morgan fingerprint density at radius 3 is 2.46 bits per heavy atom. The predicted octanol–water partition coefficient (Wildman–Crippen LogP) is 6.94. The molecule has 0 bridgehead atoms. The Bertz CT molecular complexity index is 2210. The fraction of sp³-hybridized carbons (Fsp3) is 0.231. The molecule has 0 amide bonds. The zero-order valence-electron chi connectivity index (χ0n) is 27.2. The Kier molecular flexibility index (Phi) is 7.71. The number of fused-ring (bicyclic) bond motifs is 4. The number of aromatic amines is 1. The van der Waals surface area contributed by atoms with Crippen molar-refractivity contribution < 1.29 is 28.2 Å². The van der Waals surface area contributed by atoms with Crippen LogP contribution in [-0.2, 0) is 33.0 Å². The van der Waals surface area contributed by atoms with E-state index in [-0.39, 0.29) is 35.9 Å². The molecule has 0 spiro atoms. The quantitative estimate of drug-likeness (QED) is 0.158. The summed E-state index contributed by atoms with van der Waals surface area (Å²) in [5.41, 5.74) is 6.23. The normalized spacial score (nSPS) is 21.6. The molecule has 11 heteroatoms. The maximum atomic E-state index is 14.1. The lowest BCUT2D eigenvalue weighted by atomic mass is 9.80. The van der Waals surface area contributed by atoms with Crippen LogP contribution in [0.2, 0.25) is 5.02 Å². The summed E-state index contributed by atoms with van der Waals surface area (Å²) in [6.45, 7) is 4.43. The van der Waals surface area contributed by atoms with Crippen molar-refractivity contribution in [2.75, 3.05) is 6.61 Å². The number of aromatic nitrogens is 3. The molecule has 2 N–H and O–H groups in total. The maximum absolute atomic E-state index is 14.1. The highest BCUT2D eigenvalue weighted by molar-refractivity contribution is 6.31. The molecule has 252 valence electrons. The molecule has 1 aliphatic heterocycles. The number of esters is 2. The second kappa shape index (κ2) is 12.1. The van der Waals surface area contributed by atoms with Gasteiger partial charge in [-0.1, -0.05) is 54.9 Å². The van der Waals surface area contributed by atoms with Crippen LogP contribution in [0.3, 0.4) is 0 Å². The van der Waals surface area contributed by atoms with Crippen LogP contribution in [0.15, 0.2) is 103 Å². The summed E-state index contributed by atoms with van der Waals surface area (Å²) in [7, 11) is 0. The summed E-state index contributed by atoms with van der Waals surface area (Å²) in [4.78, 5) is 43.5. The molecule has 1 fully saturated rings. The van der Waals surface area contributed by atoms with Crippen molar-refractivity contribution in [2.45, 2.75) is 38.5 Å². The SMILES string of the molecule is CC1=C(C(=O)OCCn2cc(COC(=O)c3ccc4c(c3)C(=O)c3ccccc3-4)[nH]2)C(c2ccc(F)cc2Cl)C2C(C)C2(c2ccncc2)N1. The molecule has 9 nitrogen and oxygen atoms in total. The Morgan fingerprint density at radius 2 is 1.70 bits per heavy atom. The largest absolute Gasteiger partial charge is 0.460 e. The summed E-state index contributed by atoms with van der Waals surface area (Å²) >= 11 is 6.60. The van der Waals surface area contributed by atoms with E-state index in [0.29, 0.717) is 45.8 Å². The lowest BCUT2D eigenvalue weighted by Gasteiger charge is -2.34. The zero-order valence-corrected chi connectivity index (χ0v) is 28.0. The third-order valence-corrected chi connectivity index (χ3v) is 10.6. The predicted molar refractivity (Wildman–Crippen MR) is 183 cm³/mol. The van der Waals surface area contributed by atoms with Gasteiger partial charge in [0, 0.05) is 52.3 Å².